The van der Waals surface area contributed by atoms with E-state index in [-0.39, 0.29) is 10.6 Å². The third-order valence-electron chi connectivity index (χ3n) is 2.40. The van der Waals surface area contributed by atoms with Crippen molar-refractivity contribution in [2.24, 2.45) is 0 Å². The largest absolute Gasteiger partial charge is 0.269 e. The molecule has 0 heterocycles. The minimum absolute atomic E-state index is 0.136. The van der Waals surface area contributed by atoms with Gasteiger partial charge < -0.3 is 0 Å². The molecule has 0 aliphatic heterocycles. The molecule has 0 aliphatic rings. The Morgan fingerprint density at radius 2 is 1.39 bits per heavy atom. The van der Waals surface area contributed by atoms with E-state index < -0.39 is 0 Å². The Hall–Kier alpha value is -2.16. The van der Waals surface area contributed by atoms with Gasteiger partial charge in [-0.2, -0.15) is 0 Å². The van der Waals surface area contributed by atoms with E-state index in [4.69, 9.17) is 0 Å². The lowest BCUT2D eigenvalue weighted by molar-refractivity contribution is -0.384. The summed E-state index contributed by atoms with van der Waals surface area (Å²) < 4.78 is 0. The molecule has 0 aromatic heterocycles. The van der Waals surface area contributed by atoms with Crippen molar-refractivity contribution in [1.29, 1.82) is 0 Å². The van der Waals surface area contributed by atoms with E-state index in [1.807, 2.05) is 44.2 Å². The monoisotopic (exact) mass is 243 g/mol. The third kappa shape index (κ3) is 4.01. The first-order valence-corrected chi connectivity index (χ1v) is 6.03. The predicted molar refractivity (Wildman–Crippen MR) is 73.7 cm³/mol. The van der Waals surface area contributed by atoms with Gasteiger partial charge in [-0.3, -0.25) is 10.1 Å². The Balaban J connectivity index is 0.000000771. The standard InChI is InChI=1S/C13H11NO2.C2H6/c15-14(16)13-8-6-12(7-9-13)10-11-4-2-1-3-5-11;1-2/h1-9H,10H2;1-2H3. The number of hydrogen-bond donors (Lipinski definition) is 0. The van der Waals surface area contributed by atoms with Crippen molar-refractivity contribution in [2.45, 2.75) is 20.3 Å². The van der Waals surface area contributed by atoms with Gasteiger partial charge in [0.05, 0.1) is 4.92 Å². The lowest BCUT2D eigenvalue weighted by atomic mass is 10.1. The second-order valence-corrected chi connectivity index (χ2v) is 3.59. The van der Waals surface area contributed by atoms with Crippen LogP contribution in [0.4, 0.5) is 5.69 Å². The molecule has 2 rings (SSSR count). The summed E-state index contributed by atoms with van der Waals surface area (Å²) in [7, 11) is 0. The average Bonchev–Trinajstić information content (AvgIpc) is 2.43. The Bertz CT molecular complexity index is 478. The van der Waals surface area contributed by atoms with Gasteiger partial charge in [0.1, 0.15) is 0 Å². The zero-order valence-corrected chi connectivity index (χ0v) is 10.7. The molecule has 0 saturated carbocycles. The van der Waals surface area contributed by atoms with Crippen LogP contribution in [0.3, 0.4) is 0 Å². The Kier molecular flexibility index (Phi) is 5.58. The highest BCUT2D eigenvalue weighted by atomic mass is 16.6. The van der Waals surface area contributed by atoms with Gasteiger partial charge in [-0.1, -0.05) is 56.3 Å². The van der Waals surface area contributed by atoms with Crippen LogP contribution in [0.5, 0.6) is 0 Å². The summed E-state index contributed by atoms with van der Waals surface area (Å²) in [5.41, 5.74) is 2.42. The minimum Gasteiger partial charge on any atom is -0.258 e. The fourth-order valence-corrected chi connectivity index (χ4v) is 1.57. The van der Waals surface area contributed by atoms with Crippen molar-refractivity contribution in [1.82, 2.24) is 0 Å². The summed E-state index contributed by atoms with van der Waals surface area (Å²) in [6, 6.07) is 16.7. The zero-order chi connectivity index (χ0) is 13.4. The molecule has 2 aromatic carbocycles. The van der Waals surface area contributed by atoms with Crippen LogP contribution >= 0.6 is 0 Å². The normalized spacial score (nSPS) is 9.22. The van der Waals surface area contributed by atoms with Crippen molar-refractivity contribution in [3.05, 3.63) is 75.8 Å². The van der Waals surface area contributed by atoms with Crippen LogP contribution in [-0.4, -0.2) is 4.92 Å². The number of hydrogen-bond acceptors (Lipinski definition) is 2. The van der Waals surface area contributed by atoms with Crippen LogP contribution in [0.1, 0.15) is 25.0 Å². The first-order valence-electron chi connectivity index (χ1n) is 6.03. The van der Waals surface area contributed by atoms with Crippen molar-refractivity contribution in [2.75, 3.05) is 0 Å². The lowest BCUT2D eigenvalue weighted by Gasteiger charge is -2.00. The van der Waals surface area contributed by atoms with E-state index in [0.717, 1.165) is 12.0 Å². The summed E-state index contributed by atoms with van der Waals surface area (Å²) in [5, 5.41) is 10.5. The van der Waals surface area contributed by atoms with E-state index in [9.17, 15) is 10.1 Å². The number of nitro groups is 1. The van der Waals surface area contributed by atoms with Crippen molar-refractivity contribution in [3.8, 4) is 0 Å². The molecule has 0 N–H and O–H groups in total. The number of nitrogens with zero attached hydrogens (tertiary/aromatic N) is 1. The quantitative estimate of drug-likeness (QED) is 0.598. The first kappa shape index (κ1) is 13.9. The maximum Gasteiger partial charge on any atom is 0.269 e. The van der Waals surface area contributed by atoms with Gasteiger partial charge in [0.25, 0.3) is 5.69 Å². The van der Waals surface area contributed by atoms with Crippen molar-refractivity contribution in [3.63, 3.8) is 0 Å². The van der Waals surface area contributed by atoms with Crippen LogP contribution in [0.25, 0.3) is 0 Å². The van der Waals surface area contributed by atoms with Gasteiger partial charge in [0.2, 0.25) is 0 Å². The molecule has 0 spiro atoms. The highest BCUT2D eigenvalue weighted by Gasteiger charge is 2.03. The van der Waals surface area contributed by atoms with Crippen LogP contribution < -0.4 is 0 Å². The van der Waals surface area contributed by atoms with Gasteiger partial charge in [0, 0.05) is 12.1 Å². The van der Waals surface area contributed by atoms with Crippen LogP contribution in [0.2, 0.25) is 0 Å². The fraction of sp³-hybridized carbons (Fsp3) is 0.200. The van der Waals surface area contributed by atoms with Crippen molar-refractivity contribution < 1.29 is 4.92 Å². The Morgan fingerprint density at radius 1 is 0.889 bits per heavy atom. The van der Waals surface area contributed by atoms with E-state index in [0.29, 0.717) is 0 Å². The molecule has 94 valence electrons. The second kappa shape index (κ2) is 7.22. The number of rotatable bonds is 3. The highest BCUT2D eigenvalue weighted by Crippen LogP contribution is 2.14. The minimum atomic E-state index is -0.383. The van der Waals surface area contributed by atoms with E-state index in [2.05, 4.69) is 0 Å². The molecular formula is C15H17NO2. The summed E-state index contributed by atoms with van der Waals surface area (Å²) >= 11 is 0. The van der Waals surface area contributed by atoms with Gasteiger partial charge in [-0.25, -0.2) is 0 Å². The maximum atomic E-state index is 10.5. The smallest absolute Gasteiger partial charge is 0.258 e. The molecule has 3 nitrogen and oxygen atoms in total. The topological polar surface area (TPSA) is 43.1 Å². The molecule has 0 amide bonds. The Labute approximate surface area is 107 Å². The lowest BCUT2D eigenvalue weighted by Crippen LogP contribution is -1.90. The molecule has 18 heavy (non-hydrogen) atoms. The summed E-state index contributed by atoms with van der Waals surface area (Å²) in [4.78, 5) is 10.1. The van der Waals surface area contributed by atoms with E-state index in [1.54, 1.807) is 12.1 Å². The third-order valence-corrected chi connectivity index (χ3v) is 2.40. The molecule has 0 unspecified atom stereocenters. The summed E-state index contributed by atoms with van der Waals surface area (Å²) in [6.07, 6.45) is 0.804. The van der Waals surface area contributed by atoms with Gasteiger partial charge in [-0.05, 0) is 17.5 Å². The van der Waals surface area contributed by atoms with Crippen LogP contribution in [0, 0.1) is 10.1 Å². The average molecular weight is 243 g/mol. The molecule has 0 radical (unpaired) electrons. The molecule has 3 heteroatoms. The molecule has 0 atom stereocenters. The fourth-order valence-electron chi connectivity index (χ4n) is 1.57. The molecular weight excluding hydrogens is 226 g/mol. The highest BCUT2D eigenvalue weighted by molar-refractivity contribution is 5.35. The molecule has 0 aliphatic carbocycles. The summed E-state index contributed by atoms with van der Waals surface area (Å²) in [6.45, 7) is 4.00. The van der Waals surface area contributed by atoms with Gasteiger partial charge >= 0.3 is 0 Å². The second-order valence-electron chi connectivity index (χ2n) is 3.59. The number of non-ortho nitro benzene ring substituents is 1. The number of nitro benzene ring substituents is 1. The first-order chi connectivity index (χ1) is 8.75. The zero-order valence-electron chi connectivity index (χ0n) is 10.7. The van der Waals surface area contributed by atoms with E-state index >= 15 is 0 Å². The maximum absolute atomic E-state index is 10.5. The predicted octanol–water partition coefficient (Wildman–Crippen LogP) is 4.21. The molecule has 2 aromatic rings. The number of benzene rings is 2. The van der Waals surface area contributed by atoms with Crippen LogP contribution in [-0.2, 0) is 6.42 Å². The summed E-state index contributed by atoms with van der Waals surface area (Å²) in [5.74, 6) is 0. The van der Waals surface area contributed by atoms with Gasteiger partial charge in [-0.15, -0.1) is 0 Å². The molecule has 0 saturated heterocycles. The van der Waals surface area contributed by atoms with Gasteiger partial charge in [0.15, 0.2) is 0 Å². The van der Waals surface area contributed by atoms with E-state index in [1.165, 1.54) is 17.7 Å². The van der Waals surface area contributed by atoms with Crippen molar-refractivity contribution >= 4 is 5.69 Å². The molecule has 0 fully saturated rings. The Morgan fingerprint density at radius 3 is 1.89 bits per heavy atom. The molecule has 0 bridgehead atoms. The van der Waals surface area contributed by atoms with Crippen LogP contribution in [0.15, 0.2) is 54.6 Å². The SMILES string of the molecule is CC.O=[N+]([O-])c1ccc(Cc2ccccc2)cc1.